The summed E-state index contributed by atoms with van der Waals surface area (Å²) in [5.74, 6) is 1.05. The van der Waals surface area contributed by atoms with Crippen LogP contribution in [-0.2, 0) is 9.59 Å². The van der Waals surface area contributed by atoms with Crippen LogP contribution in [0.25, 0.3) is 0 Å². The fourth-order valence-electron chi connectivity index (χ4n) is 7.97. The number of carbonyl (C=O) groups excluding carboxylic acids is 3. The summed E-state index contributed by atoms with van der Waals surface area (Å²) in [4.78, 5) is 50.1. The van der Waals surface area contributed by atoms with E-state index in [9.17, 15) is 14.4 Å². The zero-order valence-corrected chi connectivity index (χ0v) is 29.0. The van der Waals surface area contributed by atoms with Gasteiger partial charge >= 0.3 is 0 Å². The van der Waals surface area contributed by atoms with Gasteiger partial charge < -0.3 is 24.5 Å². The Labute approximate surface area is 283 Å². The number of aryl methyl sites for hydroxylation is 2. The molecular formula is C36H47Cl2N5O3. The van der Waals surface area contributed by atoms with Crippen molar-refractivity contribution in [3.8, 4) is 0 Å². The number of halogens is 2. The number of nitrogens with zero attached hydrogens (tertiary/aromatic N) is 5. The Morgan fingerprint density at radius 1 is 0.848 bits per heavy atom. The first kappa shape index (κ1) is 33.1. The highest BCUT2D eigenvalue weighted by Gasteiger charge is 2.42. The average Bonchev–Trinajstić information content (AvgIpc) is 3.78. The lowest BCUT2D eigenvalue weighted by Crippen LogP contribution is -2.44. The van der Waals surface area contributed by atoms with E-state index in [4.69, 9.17) is 23.2 Å². The number of fused-ring (bicyclic) bond motifs is 1. The Morgan fingerprint density at radius 3 is 2.15 bits per heavy atom. The zero-order chi connectivity index (χ0) is 32.5. The van der Waals surface area contributed by atoms with Crippen LogP contribution in [0.4, 0.5) is 11.4 Å². The molecule has 2 atom stereocenters. The highest BCUT2D eigenvalue weighted by Crippen LogP contribution is 2.37. The van der Waals surface area contributed by atoms with Crippen molar-refractivity contribution in [3.05, 3.63) is 57.1 Å². The predicted molar refractivity (Wildman–Crippen MR) is 185 cm³/mol. The number of hydrogen-bond donors (Lipinski definition) is 0. The molecule has 0 N–H and O–H groups in total. The van der Waals surface area contributed by atoms with E-state index in [1.54, 1.807) is 6.92 Å². The molecule has 10 heteroatoms. The number of amides is 3. The van der Waals surface area contributed by atoms with Crippen molar-refractivity contribution in [2.75, 3.05) is 75.2 Å². The van der Waals surface area contributed by atoms with E-state index in [-0.39, 0.29) is 23.6 Å². The third-order valence-corrected chi connectivity index (χ3v) is 11.3. The van der Waals surface area contributed by atoms with Crippen molar-refractivity contribution in [2.24, 2.45) is 17.8 Å². The van der Waals surface area contributed by atoms with Crippen molar-refractivity contribution in [1.29, 1.82) is 0 Å². The molecule has 4 aliphatic heterocycles. The quantitative estimate of drug-likeness (QED) is 0.351. The number of likely N-dealkylation sites (tertiary alicyclic amines) is 3. The fourth-order valence-corrected chi connectivity index (χ4v) is 8.49. The second-order valence-electron chi connectivity index (χ2n) is 13.9. The molecule has 2 aromatic carbocycles. The smallest absolute Gasteiger partial charge is 0.257 e. The van der Waals surface area contributed by atoms with Crippen LogP contribution in [0.3, 0.4) is 0 Å². The monoisotopic (exact) mass is 667 g/mol. The minimum atomic E-state index is -0.0987. The molecule has 46 heavy (non-hydrogen) atoms. The van der Waals surface area contributed by atoms with Crippen molar-refractivity contribution in [1.82, 2.24) is 14.7 Å². The molecule has 2 unspecified atom stereocenters. The van der Waals surface area contributed by atoms with Gasteiger partial charge in [0, 0.05) is 82.5 Å². The topological polar surface area (TPSA) is 67.4 Å². The summed E-state index contributed by atoms with van der Waals surface area (Å²) in [6, 6.07) is 9.91. The van der Waals surface area contributed by atoms with E-state index in [0.29, 0.717) is 59.9 Å². The molecule has 0 spiro atoms. The van der Waals surface area contributed by atoms with Gasteiger partial charge in [0.1, 0.15) is 0 Å². The number of anilines is 2. The lowest BCUT2D eigenvalue weighted by Gasteiger charge is -2.34. The highest BCUT2D eigenvalue weighted by atomic mass is 35.5. The van der Waals surface area contributed by atoms with E-state index >= 15 is 0 Å². The Kier molecular flexibility index (Phi) is 10.2. The van der Waals surface area contributed by atoms with Gasteiger partial charge in [-0.05, 0) is 99.7 Å². The van der Waals surface area contributed by atoms with Crippen molar-refractivity contribution in [3.63, 3.8) is 0 Å². The standard InChI is InChI=1S/C36H47Cl2N5O3/c1-24-17-32(38)34(33(18-24)41-12-4-5-13-41)36(46)42-22-28-20-39(21-29(28)23-42)11-6-14-43(30-8-7-25(2)31(37)19-30)35(45)27-9-15-40(16-10-27)26(3)44/h7-8,17-19,27-29H,4-6,9-16,20-23H2,1-3H3. The fraction of sp³-hybridized carbons (Fsp3) is 0.583. The van der Waals surface area contributed by atoms with Gasteiger partial charge in [0.05, 0.1) is 16.3 Å². The predicted octanol–water partition coefficient (Wildman–Crippen LogP) is 5.90. The van der Waals surface area contributed by atoms with E-state index in [0.717, 1.165) is 87.6 Å². The van der Waals surface area contributed by atoms with Gasteiger partial charge in [0.15, 0.2) is 0 Å². The van der Waals surface area contributed by atoms with E-state index in [2.05, 4.69) is 15.9 Å². The molecule has 3 amide bonds. The maximum absolute atomic E-state index is 13.9. The average molecular weight is 669 g/mol. The van der Waals surface area contributed by atoms with Gasteiger partial charge in [0.25, 0.3) is 5.91 Å². The summed E-state index contributed by atoms with van der Waals surface area (Å²) in [6.45, 7) is 13.8. The van der Waals surface area contributed by atoms with Crippen LogP contribution in [0.2, 0.25) is 10.0 Å². The first-order chi connectivity index (χ1) is 22.1. The molecule has 0 aliphatic carbocycles. The van der Waals surface area contributed by atoms with Gasteiger partial charge in [-0.1, -0.05) is 29.3 Å². The molecule has 8 nitrogen and oxygen atoms in total. The Bertz CT molecular complexity index is 1460. The SMILES string of the molecule is CC(=O)N1CCC(C(=O)N(CCCN2CC3CN(C(=O)c4c(Cl)cc(C)cc4N4CCCC4)CC3C2)c2ccc(C)c(Cl)c2)CC1. The lowest BCUT2D eigenvalue weighted by atomic mass is 9.94. The van der Waals surface area contributed by atoms with Crippen LogP contribution in [-0.4, -0.2) is 97.9 Å². The highest BCUT2D eigenvalue weighted by molar-refractivity contribution is 6.34. The molecule has 6 rings (SSSR count). The van der Waals surface area contributed by atoms with E-state index in [1.807, 2.05) is 52.8 Å². The molecule has 4 fully saturated rings. The van der Waals surface area contributed by atoms with Gasteiger partial charge in [-0.2, -0.15) is 0 Å². The summed E-state index contributed by atoms with van der Waals surface area (Å²) < 4.78 is 0. The molecular weight excluding hydrogens is 621 g/mol. The number of rotatable bonds is 8. The van der Waals surface area contributed by atoms with Crippen LogP contribution >= 0.6 is 23.2 Å². The zero-order valence-electron chi connectivity index (χ0n) is 27.4. The van der Waals surface area contributed by atoms with Crippen molar-refractivity contribution in [2.45, 2.75) is 52.9 Å². The number of hydrogen-bond acceptors (Lipinski definition) is 5. The Morgan fingerprint density at radius 2 is 1.52 bits per heavy atom. The largest absolute Gasteiger partial charge is 0.371 e. The van der Waals surface area contributed by atoms with Gasteiger partial charge in [-0.3, -0.25) is 14.4 Å². The minimum absolute atomic E-state index is 0.0629. The maximum atomic E-state index is 13.9. The van der Waals surface area contributed by atoms with Crippen molar-refractivity contribution < 1.29 is 14.4 Å². The van der Waals surface area contributed by atoms with Gasteiger partial charge in [0.2, 0.25) is 11.8 Å². The number of piperidine rings is 1. The summed E-state index contributed by atoms with van der Waals surface area (Å²) in [6.07, 6.45) is 4.52. The Hall–Kier alpha value is -2.81. The molecule has 0 aromatic heterocycles. The second kappa shape index (κ2) is 14.1. The number of carbonyl (C=O) groups is 3. The van der Waals surface area contributed by atoms with Crippen LogP contribution in [0.1, 0.15) is 60.5 Å². The summed E-state index contributed by atoms with van der Waals surface area (Å²) >= 11 is 13.2. The molecule has 2 aromatic rings. The van der Waals surface area contributed by atoms with Crippen LogP contribution in [0.5, 0.6) is 0 Å². The first-order valence-corrected chi connectivity index (χ1v) is 17.7. The minimum Gasteiger partial charge on any atom is -0.371 e. The Balaban J connectivity index is 1.06. The summed E-state index contributed by atoms with van der Waals surface area (Å²) in [5, 5.41) is 1.22. The molecule has 4 heterocycles. The second-order valence-corrected chi connectivity index (χ2v) is 14.7. The molecule has 248 valence electrons. The van der Waals surface area contributed by atoms with Crippen LogP contribution < -0.4 is 9.80 Å². The molecule has 0 bridgehead atoms. The summed E-state index contributed by atoms with van der Waals surface area (Å²) in [5.41, 5.74) is 4.57. The normalized spacial score (nSPS) is 22.1. The first-order valence-electron chi connectivity index (χ1n) is 17.0. The maximum Gasteiger partial charge on any atom is 0.257 e. The lowest BCUT2D eigenvalue weighted by molar-refractivity contribution is -0.133. The van der Waals surface area contributed by atoms with E-state index < -0.39 is 0 Å². The van der Waals surface area contributed by atoms with Crippen LogP contribution in [0, 0.1) is 31.6 Å². The molecule has 0 saturated carbocycles. The van der Waals surface area contributed by atoms with Crippen LogP contribution in [0.15, 0.2) is 30.3 Å². The van der Waals surface area contributed by atoms with Gasteiger partial charge in [-0.15, -0.1) is 0 Å². The third-order valence-electron chi connectivity index (χ3n) is 10.6. The molecule has 4 aliphatic rings. The number of benzene rings is 2. The van der Waals surface area contributed by atoms with Gasteiger partial charge in [-0.25, -0.2) is 0 Å². The molecule has 0 radical (unpaired) electrons. The summed E-state index contributed by atoms with van der Waals surface area (Å²) in [7, 11) is 0. The van der Waals surface area contributed by atoms with Crippen molar-refractivity contribution >= 4 is 52.3 Å². The van der Waals surface area contributed by atoms with E-state index in [1.165, 1.54) is 0 Å². The third kappa shape index (κ3) is 7.04. The molecule has 4 saturated heterocycles.